The van der Waals surface area contributed by atoms with Crippen LogP contribution in [0.2, 0.25) is 10.0 Å². The molecule has 12 heteroatoms. The lowest BCUT2D eigenvalue weighted by Crippen LogP contribution is -2.47. The maximum Gasteiger partial charge on any atom is 0.271 e. The summed E-state index contributed by atoms with van der Waals surface area (Å²) in [5.74, 6) is -1.78. The first-order valence-corrected chi connectivity index (χ1v) is 12.1. The molecule has 0 aromatic heterocycles. The zero-order valence-electron chi connectivity index (χ0n) is 20.4. The molecular weight excluding hydrogens is 522 g/mol. The van der Waals surface area contributed by atoms with Gasteiger partial charge in [-0.3, -0.25) is 9.59 Å². The van der Waals surface area contributed by atoms with Crippen LogP contribution in [-0.2, 0) is 9.53 Å². The number of rotatable bonds is 7. The molecule has 1 aliphatic rings. The number of allylic oxidation sites excluding steroid dienone is 1. The van der Waals surface area contributed by atoms with E-state index >= 15 is 0 Å². The second kappa shape index (κ2) is 12.2. The van der Waals surface area contributed by atoms with E-state index in [9.17, 15) is 14.0 Å². The van der Waals surface area contributed by atoms with Gasteiger partial charge in [0.1, 0.15) is 23.4 Å². The van der Waals surface area contributed by atoms with Crippen LogP contribution in [0.5, 0.6) is 0 Å². The Bertz CT molecular complexity index is 1220. The third-order valence-electron chi connectivity index (χ3n) is 5.80. The summed E-state index contributed by atoms with van der Waals surface area (Å²) in [4.78, 5) is 29.3. The number of hydrogen-bond donors (Lipinski definition) is 4. The van der Waals surface area contributed by atoms with Crippen LogP contribution in [0.3, 0.4) is 0 Å². The number of carbonyl (C=O) groups excluding carboxylic acids is 2. The standard InChI is InChI=1S/C25H29Cl2FN6O3/c1-14(21-17(26)7-8-18(28)22(21)27)37-20(23(30)31)13-19(29)24(35)32-16-5-3-15(4-6-16)25(36)34-11-9-33(2)10-12-34/h3-8,13-14H,9-12,29-31H2,1-2H3,(H,32,35)/b19-13-. The van der Waals surface area contributed by atoms with Gasteiger partial charge in [-0.25, -0.2) is 4.39 Å². The third kappa shape index (κ3) is 7.06. The van der Waals surface area contributed by atoms with Gasteiger partial charge in [0.25, 0.3) is 11.8 Å². The van der Waals surface area contributed by atoms with Crippen molar-refractivity contribution >= 4 is 40.7 Å². The first-order valence-electron chi connectivity index (χ1n) is 11.4. The van der Waals surface area contributed by atoms with Crippen molar-refractivity contribution in [2.75, 3.05) is 38.5 Å². The van der Waals surface area contributed by atoms with E-state index < -0.39 is 17.8 Å². The van der Waals surface area contributed by atoms with Gasteiger partial charge in [-0.1, -0.05) is 23.2 Å². The molecule has 1 aliphatic heterocycles. The molecule has 198 valence electrons. The Labute approximate surface area is 224 Å². The fourth-order valence-corrected chi connectivity index (χ4v) is 4.33. The van der Waals surface area contributed by atoms with Crippen LogP contribution in [0, 0.1) is 5.82 Å². The summed E-state index contributed by atoms with van der Waals surface area (Å²) in [6.45, 7) is 4.52. The van der Waals surface area contributed by atoms with Gasteiger partial charge in [0.2, 0.25) is 0 Å². The lowest BCUT2D eigenvalue weighted by molar-refractivity contribution is -0.112. The number of anilines is 1. The quantitative estimate of drug-likeness (QED) is 0.179. The van der Waals surface area contributed by atoms with Crippen LogP contribution in [0.4, 0.5) is 10.1 Å². The van der Waals surface area contributed by atoms with Gasteiger partial charge in [0.15, 0.2) is 5.76 Å². The average Bonchev–Trinajstić information content (AvgIpc) is 2.86. The Morgan fingerprint density at radius 3 is 2.27 bits per heavy atom. The maximum absolute atomic E-state index is 13.9. The first kappa shape index (κ1) is 28.1. The van der Waals surface area contributed by atoms with Crippen molar-refractivity contribution < 1.29 is 18.7 Å². The molecule has 9 nitrogen and oxygen atoms in total. The van der Waals surface area contributed by atoms with Gasteiger partial charge in [0.05, 0.1) is 5.02 Å². The topological polar surface area (TPSA) is 140 Å². The molecule has 1 saturated heterocycles. The minimum Gasteiger partial charge on any atom is -0.482 e. The van der Waals surface area contributed by atoms with E-state index in [4.69, 9.17) is 45.1 Å². The van der Waals surface area contributed by atoms with Crippen LogP contribution < -0.4 is 22.5 Å². The highest BCUT2D eigenvalue weighted by Crippen LogP contribution is 2.35. The van der Waals surface area contributed by atoms with E-state index in [1.807, 2.05) is 7.05 Å². The molecule has 0 saturated carbocycles. The predicted molar refractivity (Wildman–Crippen MR) is 142 cm³/mol. The molecule has 3 rings (SSSR count). The van der Waals surface area contributed by atoms with Gasteiger partial charge >= 0.3 is 0 Å². The van der Waals surface area contributed by atoms with Gasteiger partial charge in [-0.15, -0.1) is 0 Å². The molecule has 0 radical (unpaired) electrons. The molecule has 1 fully saturated rings. The molecule has 0 spiro atoms. The number of benzene rings is 2. The minimum atomic E-state index is -0.870. The van der Waals surface area contributed by atoms with Crippen molar-refractivity contribution in [2.45, 2.75) is 13.0 Å². The van der Waals surface area contributed by atoms with E-state index in [-0.39, 0.29) is 38.8 Å². The Morgan fingerprint density at radius 1 is 1.05 bits per heavy atom. The van der Waals surface area contributed by atoms with Crippen LogP contribution in [0.25, 0.3) is 0 Å². The van der Waals surface area contributed by atoms with Crippen LogP contribution >= 0.6 is 23.2 Å². The largest absolute Gasteiger partial charge is 0.482 e. The van der Waals surface area contributed by atoms with Crippen molar-refractivity contribution in [3.05, 3.63) is 86.7 Å². The number of ether oxygens (including phenoxy) is 1. The van der Waals surface area contributed by atoms with Crippen molar-refractivity contribution in [3.8, 4) is 0 Å². The zero-order valence-corrected chi connectivity index (χ0v) is 21.9. The van der Waals surface area contributed by atoms with Gasteiger partial charge < -0.3 is 37.1 Å². The number of nitrogens with zero attached hydrogens (tertiary/aromatic N) is 2. The van der Waals surface area contributed by atoms with E-state index in [0.29, 0.717) is 24.3 Å². The number of piperazine rings is 1. The Kier molecular flexibility index (Phi) is 9.25. The second-order valence-corrected chi connectivity index (χ2v) is 9.35. The summed E-state index contributed by atoms with van der Waals surface area (Å²) in [5, 5.41) is 2.60. The predicted octanol–water partition coefficient (Wildman–Crippen LogP) is 3.17. The molecule has 1 heterocycles. The summed E-state index contributed by atoms with van der Waals surface area (Å²) >= 11 is 12.2. The molecule has 1 atom stereocenters. The smallest absolute Gasteiger partial charge is 0.271 e. The van der Waals surface area contributed by atoms with Crippen molar-refractivity contribution in [1.82, 2.24) is 9.80 Å². The normalized spacial score (nSPS) is 15.2. The number of nitrogens with one attached hydrogen (secondary N) is 1. The SMILES string of the molecule is CC(OC(/C=C(\N)C(=O)Nc1ccc(C(=O)N2CCN(C)CC2)cc1)=C(N)N)c1c(Cl)ccc(F)c1Cl. The molecule has 1 unspecified atom stereocenters. The van der Waals surface area contributed by atoms with Crippen molar-refractivity contribution in [1.29, 1.82) is 0 Å². The van der Waals surface area contributed by atoms with Crippen molar-refractivity contribution in [2.24, 2.45) is 17.2 Å². The van der Waals surface area contributed by atoms with Crippen LogP contribution in [0.1, 0.15) is 28.9 Å². The number of halogens is 3. The number of amides is 2. The van der Waals surface area contributed by atoms with Crippen LogP contribution in [0.15, 0.2) is 59.8 Å². The molecule has 2 aromatic rings. The maximum atomic E-state index is 13.9. The summed E-state index contributed by atoms with van der Waals surface area (Å²) in [6.07, 6.45) is 0.276. The van der Waals surface area contributed by atoms with E-state index in [1.54, 1.807) is 36.1 Å². The second-order valence-electron chi connectivity index (χ2n) is 8.56. The monoisotopic (exact) mass is 550 g/mol. The lowest BCUT2D eigenvalue weighted by Gasteiger charge is -2.32. The molecule has 0 aliphatic carbocycles. The summed E-state index contributed by atoms with van der Waals surface area (Å²) in [7, 11) is 2.02. The highest BCUT2D eigenvalue weighted by Gasteiger charge is 2.22. The number of likely N-dealkylation sites (N-methyl/N-ethyl adjacent to an activating group) is 1. The number of hydrogen-bond acceptors (Lipinski definition) is 7. The zero-order chi connectivity index (χ0) is 27.3. The van der Waals surface area contributed by atoms with E-state index in [0.717, 1.165) is 25.2 Å². The summed E-state index contributed by atoms with van der Waals surface area (Å²) < 4.78 is 19.6. The Hall–Kier alpha value is -3.47. The molecule has 37 heavy (non-hydrogen) atoms. The number of carbonyl (C=O) groups is 2. The highest BCUT2D eigenvalue weighted by molar-refractivity contribution is 6.36. The summed E-state index contributed by atoms with van der Waals surface area (Å²) in [5.41, 5.74) is 18.2. The minimum absolute atomic E-state index is 0.0663. The number of nitrogens with two attached hydrogens (primary N) is 3. The Morgan fingerprint density at radius 2 is 1.68 bits per heavy atom. The highest BCUT2D eigenvalue weighted by atomic mass is 35.5. The molecule has 2 aromatic carbocycles. The third-order valence-corrected chi connectivity index (χ3v) is 6.52. The Balaban J connectivity index is 1.67. The molecule has 2 amide bonds. The summed E-state index contributed by atoms with van der Waals surface area (Å²) in [6, 6.07) is 8.96. The van der Waals surface area contributed by atoms with Crippen LogP contribution in [-0.4, -0.2) is 54.8 Å². The first-order chi connectivity index (χ1) is 17.5. The molecule has 0 bridgehead atoms. The van der Waals surface area contributed by atoms with Gasteiger partial charge in [-0.05, 0) is 50.4 Å². The van der Waals surface area contributed by atoms with Gasteiger partial charge in [-0.2, -0.15) is 0 Å². The van der Waals surface area contributed by atoms with E-state index in [2.05, 4.69) is 10.2 Å². The van der Waals surface area contributed by atoms with Gasteiger partial charge in [0, 0.05) is 54.1 Å². The molecule has 7 N–H and O–H groups in total. The van der Waals surface area contributed by atoms with E-state index in [1.165, 1.54) is 6.07 Å². The fourth-order valence-electron chi connectivity index (χ4n) is 3.65. The average molecular weight is 551 g/mol. The lowest BCUT2D eigenvalue weighted by atomic mass is 10.1. The molecular formula is C25H29Cl2FN6O3. The fraction of sp³-hybridized carbons (Fsp3) is 0.280. The van der Waals surface area contributed by atoms with Crippen molar-refractivity contribution in [3.63, 3.8) is 0 Å².